The minimum Gasteiger partial charge on any atom is -0.379 e. The lowest BCUT2D eigenvalue weighted by atomic mass is 9.95. The number of amides is 1. The van der Waals surface area contributed by atoms with Gasteiger partial charge in [0.2, 0.25) is 5.91 Å². The van der Waals surface area contributed by atoms with Crippen molar-refractivity contribution in [1.29, 1.82) is 0 Å². The van der Waals surface area contributed by atoms with Crippen molar-refractivity contribution < 1.29 is 13.9 Å². The van der Waals surface area contributed by atoms with Crippen molar-refractivity contribution in [3.8, 4) is 0 Å². The Morgan fingerprint density at radius 1 is 1.17 bits per heavy atom. The fourth-order valence-electron chi connectivity index (χ4n) is 4.14. The molecule has 3 rings (SSSR count). The topological polar surface area (TPSA) is 78.0 Å². The molecule has 1 aliphatic heterocycles. The molecule has 1 aromatic carbocycles. The van der Waals surface area contributed by atoms with E-state index in [-0.39, 0.29) is 24.3 Å². The van der Waals surface area contributed by atoms with Crippen LogP contribution in [0.4, 0.5) is 4.39 Å². The van der Waals surface area contributed by atoms with E-state index in [1.165, 1.54) is 31.4 Å². The van der Waals surface area contributed by atoms with Gasteiger partial charge >= 0.3 is 0 Å². The van der Waals surface area contributed by atoms with E-state index in [0.717, 1.165) is 31.5 Å². The maximum atomic E-state index is 13.4. The molecule has 166 valence electrons. The number of hydrogen-bond acceptors (Lipinski definition) is 4. The van der Waals surface area contributed by atoms with Crippen LogP contribution in [0.1, 0.15) is 43.7 Å². The van der Waals surface area contributed by atoms with Crippen molar-refractivity contribution in [2.75, 3.05) is 46.4 Å². The first-order chi connectivity index (χ1) is 14.7. The van der Waals surface area contributed by atoms with Gasteiger partial charge < -0.3 is 20.7 Å². The highest BCUT2D eigenvalue weighted by molar-refractivity contribution is 5.86. The first kappa shape index (κ1) is 22.5. The van der Waals surface area contributed by atoms with E-state index in [4.69, 9.17) is 4.74 Å². The van der Waals surface area contributed by atoms with Gasteiger partial charge in [0.1, 0.15) is 5.82 Å². The normalized spacial score (nSPS) is 19.9. The molecule has 30 heavy (non-hydrogen) atoms. The maximum Gasteiger partial charge on any atom is 0.239 e. The van der Waals surface area contributed by atoms with Crippen molar-refractivity contribution in [3.05, 3.63) is 35.6 Å². The van der Waals surface area contributed by atoms with E-state index in [9.17, 15) is 9.18 Å². The van der Waals surface area contributed by atoms with Gasteiger partial charge in [0, 0.05) is 32.7 Å². The molecular formula is C22H34FN5O2. The number of ether oxygens (including phenoxy) is 1. The summed E-state index contributed by atoms with van der Waals surface area (Å²) in [5.74, 6) is 0.330. The van der Waals surface area contributed by atoms with Gasteiger partial charge in [-0.2, -0.15) is 0 Å². The van der Waals surface area contributed by atoms with Crippen LogP contribution in [0.3, 0.4) is 0 Å². The minimum absolute atomic E-state index is 0.00638. The highest BCUT2D eigenvalue weighted by Crippen LogP contribution is 2.21. The van der Waals surface area contributed by atoms with Gasteiger partial charge in [-0.3, -0.25) is 14.7 Å². The standard InChI is InChI=1S/C22H34FN5O2/c1-24-22(26-16-21(29)27-19-5-3-2-4-6-19)25-15-20(28-11-13-30-14-12-28)17-7-9-18(23)10-8-17/h7-10,19-20H,2-6,11-16H2,1H3,(H,27,29)(H2,24,25,26). The maximum absolute atomic E-state index is 13.4. The quantitative estimate of drug-likeness (QED) is 0.464. The summed E-state index contributed by atoms with van der Waals surface area (Å²) in [6, 6.07) is 6.99. The fraction of sp³-hybridized carbons (Fsp3) is 0.636. The van der Waals surface area contributed by atoms with Gasteiger partial charge in [-0.15, -0.1) is 0 Å². The van der Waals surface area contributed by atoms with Gasteiger partial charge in [-0.05, 0) is 30.5 Å². The molecule has 8 heteroatoms. The molecule has 2 aliphatic rings. The van der Waals surface area contributed by atoms with Crippen LogP contribution in [0.2, 0.25) is 0 Å². The van der Waals surface area contributed by atoms with E-state index in [1.54, 1.807) is 7.05 Å². The SMILES string of the molecule is CN=C(NCC(=O)NC1CCCCC1)NCC(c1ccc(F)cc1)N1CCOCC1. The molecule has 1 atom stereocenters. The molecule has 1 saturated carbocycles. The third-order valence-corrected chi connectivity index (χ3v) is 5.81. The molecule has 1 amide bonds. The lowest BCUT2D eigenvalue weighted by Gasteiger charge is -2.35. The van der Waals surface area contributed by atoms with Crippen LogP contribution in [0.5, 0.6) is 0 Å². The summed E-state index contributed by atoms with van der Waals surface area (Å²) in [6.45, 7) is 3.79. The number of halogens is 1. The molecule has 0 bridgehead atoms. The summed E-state index contributed by atoms with van der Waals surface area (Å²) in [5.41, 5.74) is 1.04. The Hall–Kier alpha value is -2.19. The molecule has 2 fully saturated rings. The van der Waals surface area contributed by atoms with Gasteiger partial charge in [-0.25, -0.2) is 4.39 Å². The molecule has 1 unspecified atom stereocenters. The monoisotopic (exact) mass is 419 g/mol. The summed E-state index contributed by atoms with van der Waals surface area (Å²) < 4.78 is 18.9. The molecule has 1 saturated heterocycles. The molecule has 1 aromatic rings. The second-order valence-corrected chi connectivity index (χ2v) is 7.92. The van der Waals surface area contributed by atoms with Gasteiger partial charge in [-0.1, -0.05) is 31.4 Å². The minimum atomic E-state index is -0.242. The zero-order valence-corrected chi connectivity index (χ0v) is 17.8. The summed E-state index contributed by atoms with van der Waals surface area (Å²) >= 11 is 0. The number of carbonyl (C=O) groups is 1. The van der Waals surface area contributed by atoms with Crippen molar-refractivity contribution in [2.24, 2.45) is 4.99 Å². The van der Waals surface area contributed by atoms with Crippen LogP contribution in [-0.4, -0.2) is 69.2 Å². The molecule has 0 spiro atoms. The third-order valence-electron chi connectivity index (χ3n) is 5.81. The average molecular weight is 420 g/mol. The number of guanidine groups is 1. The second kappa shape index (κ2) is 11.9. The van der Waals surface area contributed by atoms with Gasteiger partial charge in [0.15, 0.2) is 5.96 Å². The van der Waals surface area contributed by atoms with Gasteiger partial charge in [0.05, 0.1) is 25.8 Å². The average Bonchev–Trinajstić information content (AvgIpc) is 2.78. The summed E-state index contributed by atoms with van der Waals surface area (Å²) in [5, 5.41) is 9.53. The molecule has 0 radical (unpaired) electrons. The number of aliphatic imine (C=N–C) groups is 1. The lowest BCUT2D eigenvalue weighted by molar-refractivity contribution is -0.120. The van der Waals surface area contributed by atoms with Crippen molar-refractivity contribution >= 4 is 11.9 Å². The van der Waals surface area contributed by atoms with Crippen LogP contribution in [0.15, 0.2) is 29.3 Å². The number of benzene rings is 1. The van der Waals surface area contributed by atoms with Crippen LogP contribution < -0.4 is 16.0 Å². The number of carbonyl (C=O) groups excluding carboxylic acids is 1. The summed E-state index contributed by atoms with van der Waals surface area (Å²) in [4.78, 5) is 18.8. The van der Waals surface area contributed by atoms with E-state index in [0.29, 0.717) is 31.8 Å². The molecule has 7 nitrogen and oxygen atoms in total. The zero-order chi connectivity index (χ0) is 21.2. The Labute approximate surface area is 178 Å². The molecule has 1 aliphatic carbocycles. The molecule has 3 N–H and O–H groups in total. The van der Waals surface area contributed by atoms with Crippen LogP contribution in [-0.2, 0) is 9.53 Å². The van der Waals surface area contributed by atoms with E-state index >= 15 is 0 Å². The third kappa shape index (κ3) is 6.95. The first-order valence-electron chi connectivity index (χ1n) is 11.0. The van der Waals surface area contributed by atoms with Crippen LogP contribution in [0.25, 0.3) is 0 Å². The predicted molar refractivity (Wildman–Crippen MR) is 116 cm³/mol. The molecule has 0 aromatic heterocycles. The highest BCUT2D eigenvalue weighted by atomic mass is 19.1. The van der Waals surface area contributed by atoms with E-state index in [2.05, 4.69) is 25.8 Å². The van der Waals surface area contributed by atoms with E-state index in [1.807, 2.05) is 12.1 Å². The largest absolute Gasteiger partial charge is 0.379 e. The number of morpholine rings is 1. The van der Waals surface area contributed by atoms with E-state index < -0.39 is 0 Å². The molecular weight excluding hydrogens is 385 g/mol. The number of nitrogens with zero attached hydrogens (tertiary/aromatic N) is 2. The molecule has 1 heterocycles. The Morgan fingerprint density at radius 3 is 2.53 bits per heavy atom. The highest BCUT2D eigenvalue weighted by Gasteiger charge is 2.23. The summed E-state index contributed by atoms with van der Waals surface area (Å²) in [6.07, 6.45) is 5.77. The zero-order valence-electron chi connectivity index (χ0n) is 17.8. The number of nitrogens with one attached hydrogen (secondary N) is 3. The lowest BCUT2D eigenvalue weighted by Crippen LogP contribution is -2.48. The van der Waals surface area contributed by atoms with Crippen molar-refractivity contribution in [3.63, 3.8) is 0 Å². The van der Waals surface area contributed by atoms with Crippen LogP contribution >= 0.6 is 0 Å². The Morgan fingerprint density at radius 2 is 1.87 bits per heavy atom. The number of rotatable bonds is 7. The Kier molecular flexibility index (Phi) is 8.89. The fourth-order valence-corrected chi connectivity index (χ4v) is 4.14. The van der Waals surface area contributed by atoms with Gasteiger partial charge in [0.25, 0.3) is 0 Å². The van der Waals surface area contributed by atoms with Crippen molar-refractivity contribution in [2.45, 2.75) is 44.2 Å². The Bertz CT molecular complexity index is 685. The first-order valence-corrected chi connectivity index (χ1v) is 11.0. The van der Waals surface area contributed by atoms with Crippen molar-refractivity contribution in [1.82, 2.24) is 20.9 Å². The number of hydrogen-bond donors (Lipinski definition) is 3. The second-order valence-electron chi connectivity index (χ2n) is 7.92. The van der Waals surface area contributed by atoms with Crippen LogP contribution in [0, 0.1) is 5.82 Å². The summed E-state index contributed by atoms with van der Waals surface area (Å²) in [7, 11) is 1.69. The predicted octanol–water partition coefficient (Wildman–Crippen LogP) is 1.81. The smallest absolute Gasteiger partial charge is 0.239 e. The Balaban J connectivity index is 1.52.